The lowest BCUT2D eigenvalue weighted by Crippen LogP contribution is -2.31. The van der Waals surface area contributed by atoms with Crippen molar-refractivity contribution in [2.75, 3.05) is 19.0 Å². The van der Waals surface area contributed by atoms with Crippen LogP contribution >= 0.6 is 11.6 Å². The van der Waals surface area contributed by atoms with Crippen molar-refractivity contribution in [2.45, 2.75) is 13.1 Å². The topological polar surface area (TPSA) is 86.7 Å². The molecule has 8 heteroatoms. The third-order valence-electron chi connectivity index (χ3n) is 4.18. The van der Waals surface area contributed by atoms with Crippen LogP contribution in [-0.2, 0) is 0 Å². The number of guanidine groups is 1. The molecule has 2 heterocycles. The van der Waals surface area contributed by atoms with Gasteiger partial charge in [-0.3, -0.25) is 9.88 Å². The summed E-state index contributed by atoms with van der Waals surface area (Å²) in [5, 5.41) is 3.47. The zero-order valence-electron chi connectivity index (χ0n) is 14.4. The van der Waals surface area contributed by atoms with Crippen molar-refractivity contribution in [3.63, 3.8) is 0 Å². The number of hydrogen-bond donors (Lipinski definition) is 2. The Morgan fingerprint density at radius 1 is 1.31 bits per heavy atom. The van der Waals surface area contributed by atoms with Crippen LogP contribution in [0.15, 0.2) is 41.4 Å². The van der Waals surface area contributed by atoms with Crippen LogP contribution in [0, 0.1) is 0 Å². The Balaban J connectivity index is 1.90. The van der Waals surface area contributed by atoms with Crippen molar-refractivity contribution in [3.05, 3.63) is 47.0 Å². The number of aliphatic imine (C=N–C) groups is 1. The molecule has 1 aromatic heterocycles. The van der Waals surface area contributed by atoms with Gasteiger partial charge in [0.2, 0.25) is 5.95 Å². The first kappa shape index (κ1) is 16.5. The van der Waals surface area contributed by atoms with Crippen molar-refractivity contribution in [3.8, 4) is 11.5 Å². The minimum Gasteiger partial charge on any atom is -0.493 e. The summed E-state index contributed by atoms with van der Waals surface area (Å²) in [5.41, 5.74) is 8.61. The fourth-order valence-electron chi connectivity index (χ4n) is 3.11. The van der Waals surface area contributed by atoms with Crippen molar-refractivity contribution in [1.82, 2.24) is 9.55 Å². The number of anilines is 1. The molecule has 0 bridgehead atoms. The van der Waals surface area contributed by atoms with Crippen LogP contribution in [0.1, 0.15) is 18.7 Å². The molecule has 4 rings (SSSR count). The molecule has 0 saturated carbocycles. The molecule has 0 amide bonds. The molecule has 1 aliphatic heterocycles. The molecule has 0 fully saturated rings. The number of hydrogen-bond acceptors (Lipinski definition) is 6. The summed E-state index contributed by atoms with van der Waals surface area (Å²) < 4.78 is 13.0. The number of aromatic nitrogens is 2. The van der Waals surface area contributed by atoms with E-state index < -0.39 is 6.17 Å². The van der Waals surface area contributed by atoms with Gasteiger partial charge in [-0.25, -0.2) is 9.98 Å². The number of benzene rings is 2. The molecule has 0 aliphatic carbocycles. The second kappa shape index (κ2) is 6.42. The predicted octanol–water partition coefficient (Wildman–Crippen LogP) is 3.38. The number of rotatable bonds is 4. The number of methoxy groups -OCH3 is 1. The van der Waals surface area contributed by atoms with Gasteiger partial charge in [0, 0.05) is 5.56 Å². The zero-order chi connectivity index (χ0) is 18.3. The molecule has 7 nitrogen and oxygen atoms in total. The Kier molecular flexibility index (Phi) is 4.08. The van der Waals surface area contributed by atoms with Crippen LogP contribution < -0.4 is 20.5 Å². The van der Waals surface area contributed by atoms with Crippen LogP contribution in [0.4, 0.5) is 5.95 Å². The van der Waals surface area contributed by atoms with Crippen LogP contribution in [0.25, 0.3) is 11.0 Å². The van der Waals surface area contributed by atoms with Gasteiger partial charge in [-0.05, 0) is 31.2 Å². The quantitative estimate of drug-likeness (QED) is 0.734. The average Bonchev–Trinajstić information content (AvgIpc) is 3.00. The van der Waals surface area contributed by atoms with Gasteiger partial charge in [-0.15, -0.1) is 0 Å². The van der Waals surface area contributed by atoms with E-state index >= 15 is 0 Å². The Morgan fingerprint density at radius 3 is 2.88 bits per heavy atom. The van der Waals surface area contributed by atoms with Gasteiger partial charge in [-0.1, -0.05) is 23.7 Å². The molecule has 1 atom stereocenters. The number of para-hydroxylation sites is 2. The molecule has 3 aromatic rings. The maximum Gasteiger partial charge on any atom is 0.212 e. The number of nitrogens with zero attached hydrogens (tertiary/aromatic N) is 3. The molecule has 26 heavy (non-hydrogen) atoms. The maximum absolute atomic E-state index is 6.44. The Morgan fingerprint density at radius 2 is 2.12 bits per heavy atom. The summed E-state index contributed by atoms with van der Waals surface area (Å²) in [4.78, 5) is 9.15. The third-order valence-corrected chi connectivity index (χ3v) is 4.46. The Labute approximate surface area is 155 Å². The fourth-order valence-corrected chi connectivity index (χ4v) is 3.39. The minimum atomic E-state index is -0.416. The summed E-state index contributed by atoms with van der Waals surface area (Å²) in [6, 6.07) is 11.5. The molecular formula is C18H18ClN5O2. The van der Waals surface area contributed by atoms with E-state index in [-0.39, 0.29) is 0 Å². The molecular weight excluding hydrogens is 354 g/mol. The monoisotopic (exact) mass is 371 g/mol. The Bertz CT molecular complexity index is 1010. The lowest BCUT2D eigenvalue weighted by atomic mass is 10.1. The molecule has 134 valence electrons. The average molecular weight is 372 g/mol. The fraction of sp³-hybridized carbons (Fsp3) is 0.222. The summed E-state index contributed by atoms with van der Waals surface area (Å²) in [7, 11) is 1.58. The summed E-state index contributed by atoms with van der Waals surface area (Å²) in [6.45, 7) is 2.38. The normalized spacial score (nSPS) is 16.0. The van der Waals surface area contributed by atoms with E-state index in [0.29, 0.717) is 35.0 Å². The first-order valence-corrected chi connectivity index (χ1v) is 8.57. The molecule has 0 saturated heterocycles. The summed E-state index contributed by atoms with van der Waals surface area (Å²) in [6.07, 6.45) is -0.416. The lowest BCUT2D eigenvalue weighted by Gasteiger charge is -2.24. The Hall–Kier alpha value is -2.93. The highest BCUT2D eigenvalue weighted by atomic mass is 35.5. The van der Waals surface area contributed by atoms with Crippen LogP contribution in [0.5, 0.6) is 11.5 Å². The van der Waals surface area contributed by atoms with Crippen molar-refractivity contribution >= 4 is 34.5 Å². The smallest absolute Gasteiger partial charge is 0.212 e. The highest BCUT2D eigenvalue weighted by molar-refractivity contribution is 6.32. The second-order valence-electron chi connectivity index (χ2n) is 5.77. The highest BCUT2D eigenvalue weighted by Crippen LogP contribution is 2.41. The van der Waals surface area contributed by atoms with E-state index in [9.17, 15) is 0 Å². The number of nitrogens with two attached hydrogens (primary N) is 1. The van der Waals surface area contributed by atoms with E-state index in [1.165, 1.54) is 0 Å². The van der Waals surface area contributed by atoms with Gasteiger partial charge >= 0.3 is 0 Å². The van der Waals surface area contributed by atoms with Gasteiger partial charge in [0.15, 0.2) is 23.6 Å². The van der Waals surface area contributed by atoms with E-state index in [1.807, 2.05) is 47.9 Å². The summed E-state index contributed by atoms with van der Waals surface area (Å²) in [5.74, 6) is 1.99. The molecule has 3 N–H and O–H groups in total. The predicted molar refractivity (Wildman–Crippen MR) is 102 cm³/mol. The number of ether oxygens (including phenoxy) is 2. The van der Waals surface area contributed by atoms with Gasteiger partial charge in [0.05, 0.1) is 29.8 Å². The molecule has 0 radical (unpaired) electrons. The number of nitrogens with one attached hydrogen (secondary N) is 1. The van der Waals surface area contributed by atoms with E-state index in [0.717, 1.165) is 16.6 Å². The minimum absolute atomic E-state index is 0.293. The SMILES string of the molecule is CCOc1c(Cl)cc(C2N=C(N)Nc3nc4ccccc4n32)cc1OC. The first-order chi connectivity index (χ1) is 12.6. The lowest BCUT2D eigenvalue weighted by molar-refractivity contribution is 0.310. The van der Waals surface area contributed by atoms with Crippen molar-refractivity contribution < 1.29 is 9.47 Å². The molecule has 1 aliphatic rings. The van der Waals surface area contributed by atoms with E-state index in [4.69, 9.17) is 26.8 Å². The van der Waals surface area contributed by atoms with Gasteiger partial charge in [-0.2, -0.15) is 0 Å². The largest absolute Gasteiger partial charge is 0.493 e. The van der Waals surface area contributed by atoms with Crippen molar-refractivity contribution in [2.24, 2.45) is 10.7 Å². The maximum atomic E-state index is 6.44. The van der Waals surface area contributed by atoms with Crippen LogP contribution in [0.3, 0.4) is 0 Å². The third kappa shape index (κ3) is 2.61. The number of halogens is 1. The first-order valence-electron chi connectivity index (χ1n) is 8.20. The standard InChI is InChI=1S/C18H18ClN5O2/c1-3-26-15-11(19)8-10(9-14(15)25-2)16-22-17(20)23-18-21-12-6-4-5-7-13(12)24(16)18/h4-9,16H,3H2,1-2H3,(H3,20,21,22,23). The van der Waals surface area contributed by atoms with Crippen LogP contribution in [-0.4, -0.2) is 29.2 Å². The zero-order valence-corrected chi connectivity index (χ0v) is 15.1. The highest BCUT2D eigenvalue weighted by Gasteiger charge is 2.26. The van der Waals surface area contributed by atoms with E-state index in [2.05, 4.69) is 15.3 Å². The van der Waals surface area contributed by atoms with Crippen LogP contribution in [0.2, 0.25) is 5.02 Å². The van der Waals surface area contributed by atoms with Gasteiger partial charge in [0.25, 0.3) is 0 Å². The number of fused-ring (bicyclic) bond motifs is 3. The van der Waals surface area contributed by atoms with Gasteiger partial charge < -0.3 is 15.2 Å². The molecule has 0 spiro atoms. The number of imidazole rings is 1. The molecule has 1 unspecified atom stereocenters. The van der Waals surface area contributed by atoms with Gasteiger partial charge in [0.1, 0.15) is 0 Å². The van der Waals surface area contributed by atoms with E-state index in [1.54, 1.807) is 7.11 Å². The van der Waals surface area contributed by atoms with Crippen molar-refractivity contribution in [1.29, 1.82) is 0 Å². The summed E-state index contributed by atoms with van der Waals surface area (Å²) >= 11 is 6.44. The second-order valence-corrected chi connectivity index (χ2v) is 6.18. The molecule has 2 aromatic carbocycles.